The molecule has 2 aromatic carbocycles. The molecule has 0 bridgehead atoms. The van der Waals surface area contributed by atoms with E-state index in [-0.39, 0.29) is 12.0 Å². The Morgan fingerprint density at radius 1 is 1.03 bits per heavy atom. The van der Waals surface area contributed by atoms with Crippen molar-refractivity contribution in [1.29, 1.82) is 0 Å². The molecule has 0 saturated carbocycles. The van der Waals surface area contributed by atoms with E-state index in [1.54, 1.807) is 6.20 Å². The summed E-state index contributed by atoms with van der Waals surface area (Å²) >= 11 is 0. The highest BCUT2D eigenvalue weighted by atomic mass is 16.5. The van der Waals surface area contributed by atoms with E-state index >= 15 is 0 Å². The molecule has 1 fully saturated rings. The van der Waals surface area contributed by atoms with E-state index in [1.165, 1.54) is 6.92 Å². The lowest BCUT2D eigenvalue weighted by Crippen LogP contribution is -2.34. The molecule has 8 nitrogen and oxygen atoms in total. The summed E-state index contributed by atoms with van der Waals surface area (Å²) in [4.78, 5) is 20.5. The van der Waals surface area contributed by atoms with Gasteiger partial charge in [0.1, 0.15) is 17.7 Å². The van der Waals surface area contributed by atoms with Crippen molar-refractivity contribution in [2.45, 2.75) is 39.7 Å². The first-order valence-corrected chi connectivity index (χ1v) is 11.2. The van der Waals surface area contributed by atoms with Gasteiger partial charge in [0.2, 0.25) is 11.9 Å². The summed E-state index contributed by atoms with van der Waals surface area (Å²) in [6.45, 7) is 7.41. The Morgan fingerprint density at radius 2 is 1.76 bits per heavy atom. The van der Waals surface area contributed by atoms with Gasteiger partial charge in [0, 0.05) is 35.7 Å². The van der Waals surface area contributed by atoms with Gasteiger partial charge in [0.05, 0.1) is 0 Å². The summed E-state index contributed by atoms with van der Waals surface area (Å²) in [5, 5.41) is 12.8. The first kappa shape index (κ1) is 22.5. The van der Waals surface area contributed by atoms with Crippen LogP contribution in [0.3, 0.4) is 0 Å². The topological polar surface area (TPSA) is 100 Å². The molecule has 8 heteroatoms. The monoisotopic (exact) mass is 446 g/mol. The predicted octanol–water partition coefficient (Wildman–Crippen LogP) is 4.67. The number of nitrogens with zero attached hydrogens (tertiary/aromatic N) is 2. The Morgan fingerprint density at radius 3 is 2.48 bits per heavy atom. The molecule has 1 aliphatic heterocycles. The fourth-order valence-electron chi connectivity index (χ4n) is 3.70. The fourth-order valence-corrected chi connectivity index (χ4v) is 3.70. The first-order valence-electron chi connectivity index (χ1n) is 11.2. The lowest BCUT2D eigenvalue weighted by molar-refractivity contribution is -0.114. The molecular weight excluding hydrogens is 416 g/mol. The molecule has 0 aliphatic carbocycles. The zero-order valence-electron chi connectivity index (χ0n) is 19.2. The minimum atomic E-state index is -0.105. The minimum Gasteiger partial charge on any atom is -0.490 e. The molecule has 3 aromatic rings. The largest absolute Gasteiger partial charge is 0.490 e. The number of carbonyl (C=O) groups is 1. The van der Waals surface area contributed by atoms with Crippen LogP contribution in [-0.2, 0) is 4.79 Å². The Hall–Kier alpha value is -3.65. The highest BCUT2D eigenvalue weighted by molar-refractivity contribution is 5.90. The van der Waals surface area contributed by atoms with Crippen molar-refractivity contribution in [2.24, 2.45) is 0 Å². The highest BCUT2D eigenvalue weighted by Crippen LogP contribution is 2.28. The number of benzene rings is 2. The van der Waals surface area contributed by atoms with Crippen LogP contribution in [0.2, 0.25) is 0 Å². The Labute approximate surface area is 194 Å². The van der Waals surface area contributed by atoms with Gasteiger partial charge in [-0.3, -0.25) is 4.79 Å². The van der Waals surface area contributed by atoms with Crippen LogP contribution in [0.5, 0.6) is 5.75 Å². The van der Waals surface area contributed by atoms with E-state index in [1.807, 2.05) is 56.3 Å². The normalized spacial score (nSPS) is 13.9. The highest BCUT2D eigenvalue weighted by Gasteiger charge is 2.14. The van der Waals surface area contributed by atoms with E-state index in [0.717, 1.165) is 59.9 Å². The van der Waals surface area contributed by atoms with E-state index in [4.69, 9.17) is 4.74 Å². The van der Waals surface area contributed by atoms with Crippen LogP contribution in [0, 0.1) is 13.8 Å². The third kappa shape index (κ3) is 5.98. The number of rotatable bonds is 7. The summed E-state index contributed by atoms with van der Waals surface area (Å²) in [6.07, 6.45) is 4.10. The van der Waals surface area contributed by atoms with Gasteiger partial charge in [-0.1, -0.05) is 6.07 Å². The summed E-state index contributed by atoms with van der Waals surface area (Å²) in [5.41, 5.74) is 4.37. The second kappa shape index (κ2) is 10.3. The number of anilines is 5. The molecule has 0 atom stereocenters. The van der Waals surface area contributed by atoms with Gasteiger partial charge in [-0.2, -0.15) is 4.98 Å². The van der Waals surface area contributed by atoms with Crippen LogP contribution in [0.4, 0.5) is 28.8 Å². The third-order valence-electron chi connectivity index (χ3n) is 5.57. The molecular formula is C25H30N6O2. The smallest absolute Gasteiger partial charge is 0.229 e. The van der Waals surface area contributed by atoms with Gasteiger partial charge < -0.3 is 26.0 Å². The summed E-state index contributed by atoms with van der Waals surface area (Å²) < 4.78 is 6.07. The lowest BCUT2D eigenvalue weighted by atomic mass is 10.1. The molecule has 1 aliphatic rings. The number of carbonyl (C=O) groups excluding carboxylic acids is 1. The second-order valence-electron chi connectivity index (χ2n) is 8.23. The molecule has 172 valence electrons. The molecule has 0 unspecified atom stereocenters. The van der Waals surface area contributed by atoms with Crippen molar-refractivity contribution in [3.63, 3.8) is 0 Å². The maximum Gasteiger partial charge on any atom is 0.229 e. The van der Waals surface area contributed by atoms with Crippen LogP contribution in [-0.4, -0.2) is 35.1 Å². The average molecular weight is 447 g/mol. The van der Waals surface area contributed by atoms with Crippen LogP contribution >= 0.6 is 0 Å². The number of hydrogen-bond acceptors (Lipinski definition) is 7. The van der Waals surface area contributed by atoms with Gasteiger partial charge in [-0.05, 0) is 81.7 Å². The predicted molar refractivity (Wildman–Crippen MR) is 132 cm³/mol. The Balaban J connectivity index is 1.45. The number of aryl methyl sites for hydroxylation is 1. The molecule has 4 N–H and O–H groups in total. The maximum absolute atomic E-state index is 11.5. The van der Waals surface area contributed by atoms with Gasteiger partial charge in [0.15, 0.2) is 0 Å². The van der Waals surface area contributed by atoms with E-state index in [0.29, 0.717) is 11.8 Å². The van der Waals surface area contributed by atoms with E-state index < -0.39 is 0 Å². The van der Waals surface area contributed by atoms with Crippen molar-refractivity contribution in [3.8, 4) is 5.75 Å². The van der Waals surface area contributed by atoms with Crippen LogP contribution in [0.25, 0.3) is 0 Å². The average Bonchev–Trinajstić information content (AvgIpc) is 2.80. The fraction of sp³-hybridized carbons (Fsp3) is 0.320. The van der Waals surface area contributed by atoms with Crippen molar-refractivity contribution in [3.05, 3.63) is 59.8 Å². The minimum absolute atomic E-state index is 0.105. The Kier molecular flexibility index (Phi) is 7.04. The molecule has 0 radical (unpaired) electrons. The molecule has 1 amide bonds. The third-order valence-corrected chi connectivity index (χ3v) is 5.57. The summed E-state index contributed by atoms with van der Waals surface area (Å²) in [6, 6.07) is 13.6. The van der Waals surface area contributed by atoms with Crippen molar-refractivity contribution >= 4 is 34.7 Å². The zero-order chi connectivity index (χ0) is 23.2. The number of aromatic nitrogens is 2. The van der Waals surface area contributed by atoms with Crippen LogP contribution in [0.1, 0.15) is 30.9 Å². The second-order valence-corrected chi connectivity index (χ2v) is 8.23. The molecule has 1 saturated heterocycles. The van der Waals surface area contributed by atoms with Gasteiger partial charge in [-0.15, -0.1) is 0 Å². The van der Waals surface area contributed by atoms with Crippen molar-refractivity contribution < 1.29 is 9.53 Å². The number of amides is 1. The van der Waals surface area contributed by atoms with Crippen LogP contribution < -0.4 is 26.0 Å². The van der Waals surface area contributed by atoms with Gasteiger partial charge in [-0.25, -0.2) is 4.98 Å². The molecule has 4 rings (SSSR count). The first-order chi connectivity index (χ1) is 16.0. The Bertz CT molecular complexity index is 1110. The molecule has 33 heavy (non-hydrogen) atoms. The quantitative estimate of drug-likeness (QED) is 0.418. The number of hydrogen-bond donors (Lipinski definition) is 4. The van der Waals surface area contributed by atoms with Gasteiger partial charge >= 0.3 is 0 Å². The molecule has 1 aromatic heterocycles. The summed E-state index contributed by atoms with van der Waals surface area (Å²) in [5.74, 6) is 1.95. The SMILES string of the molecule is CC(=O)Nc1cccc(Nc2nc(Nc3ccc(OC4CCNCC4)cc3)ncc2C)c1C. The zero-order valence-corrected chi connectivity index (χ0v) is 19.2. The standard InChI is InChI=1S/C25H30N6O2/c1-16-15-27-25(29-19-7-9-20(10-8-19)33-21-11-13-26-14-12-21)31-24(16)30-23-6-4-5-22(17(23)2)28-18(3)32/h4-10,15,21,26H,11-14H2,1-3H3,(H,28,32)(H2,27,29,30,31). The number of nitrogens with one attached hydrogen (secondary N) is 4. The lowest BCUT2D eigenvalue weighted by Gasteiger charge is -2.23. The number of piperidine rings is 1. The van der Waals surface area contributed by atoms with E-state index in [9.17, 15) is 4.79 Å². The molecule has 0 spiro atoms. The molecule has 2 heterocycles. The van der Waals surface area contributed by atoms with Crippen molar-refractivity contribution in [1.82, 2.24) is 15.3 Å². The van der Waals surface area contributed by atoms with E-state index in [2.05, 4.69) is 31.2 Å². The summed E-state index contributed by atoms with van der Waals surface area (Å²) in [7, 11) is 0. The maximum atomic E-state index is 11.5. The van der Waals surface area contributed by atoms with Crippen LogP contribution in [0.15, 0.2) is 48.7 Å². The number of ether oxygens (including phenoxy) is 1. The van der Waals surface area contributed by atoms with Crippen molar-refractivity contribution in [2.75, 3.05) is 29.0 Å². The van der Waals surface area contributed by atoms with Gasteiger partial charge in [0.25, 0.3) is 0 Å².